The highest BCUT2D eigenvalue weighted by Gasteiger charge is 2.25. The van der Waals surface area contributed by atoms with Gasteiger partial charge in [0, 0.05) is 19.7 Å². The lowest BCUT2D eigenvalue weighted by Gasteiger charge is -2.16. The van der Waals surface area contributed by atoms with Gasteiger partial charge in [0.1, 0.15) is 18.0 Å². The lowest BCUT2D eigenvalue weighted by molar-refractivity contribution is 0.0549. The van der Waals surface area contributed by atoms with Crippen LogP contribution in [0.3, 0.4) is 0 Å². The molecule has 28 heavy (non-hydrogen) atoms. The second-order valence-electron chi connectivity index (χ2n) is 6.29. The van der Waals surface area contributed by atoms with Gasteiger partial charge in [-0.2, -0.15) is 0 Å². The Bertz CT molecular complexity index is 1220. The van der Waals surface area contributed by atoms with Crippen LogP contribution in [0.2, 0.25) is 0 Å². The monoisotopic (exact) mass is 381 g/mol. The summed E-state index contributed by atoms with van der Waals surface area (Å²) in [6.07, 6.45) is 1.44. The molecule has 2 aromatic heterocycles. The number of aryl methyl sites for hydroxylation is 2. The highest BCUT2D eigenvalue weighted by molar-refractivity contribution is 6.07. The number of ether oxygens (including phenoxy) is 1. The molecule has 0 atom stereocenters. The third-order valence-corrected chi connectivity index (χ3v) is 4.46. The van der Waals surface area contributed by atoms with E-state index in [1.165, 1.54) is 36.9 Å². The van der Waals surface area contributed by atoms with Gasteiger partial charge in [-0.15, -0.1) is 0 Å². The fraction of sp³-hybridized carbons (Fsp3) is 0.200. The zero-order valence-electron chi connectivity index (χ0n) is 15.7. The van der Waals surface area contributed by atoms with E-state index in [9.17, 15) is 19.5 Å². The van der Waals surface area contributed by atoms with E-state index in [0.717, 1.165) is 4.57 Å². The van der Waals surface area contributed by atoms with Crippen molar-refractivity contribution < 1.29 is 14.6 Å². The average Bonchev–Trinajstić information content (AvgIpc) is 2.68. The number of rotatable bonds is 4. The molecule has 8 nitrogen and oxygen atoms in total. The molecule has 3 rings (SSSR count). The summed E-state index contributed by atoms with van der Waals surface area (Å²) in [6.45, 7) is 5.13. The van der Waals surface area contributed by atoms with Crippen LogP contribution in [-0.4, -0.2) is 31.8 Å². The molecule has 1 aromatic carbocycles. The Morgan fingerprint density at radius 2 is 1.86 bits per heavy atom. The lowest BCUT2D eigenvalue weighted by atomic mass is 9.95. The summed E-state index contributed by atoms with van der Waals surface area (Å²) in [5.41, 5.74) is 0.300. The van der Waals surface area contributed by atoms with Gasteiger partial charge in [0.25, 0.3) is 5.56 Å². The molecule has 0 aliphatic heterocycles. The summed E-state index contributed by atoms with van der Waals surface area (Å²) in [5, 5.41) is 9.74. The number of benzene rings is 1. The molecule has 144 valence electrons. The molecular weight excluding hydrogens is 362 g/mol. The van der Waals surface area contributed by atoms with E-state index < -0.39 is 17.2 Å². The molecule has 0 radical (unpaired) electrons. The van der Waals surface area contributed by atoms with Gasteiger partial charge in [0.15, 0.2) is 0 Å². The van der Waals surface area contributed by atoms with Crippen LogP contribution < -0.4 is 11.2 Å². The summed E-state index contributed by atoms with van der Waals surface area (Å²) in [7, 11) is 2.87. The summed E-state index contributed by atoms with van der Waals surface area (Å²) in [6, 6.07) is 6.06. The fourth-order valence-corrected chi connectivity index (χ4v) is 3.08. The van der Waals surface area contributed by atoms with Gasteiger partial charge >= 0.3 is 11.7 Å². The van der Waals surface area contributed by atoms with E-state index in [-0.39, 0.29) is 29.0 Å². The average molecular weight is 381 g/mol. The number of hydrogen-bond acceptors (Lipinski definition) is 6. The SMILES string of the molecule is C=CCOC(=O)c1c(C)nc2c(c1-c1ccc(O)cc1)c(=O)n(C)c(=O)n2C. The Kier molecular flexibility index (Phi) is 4.87. The van der Waals surface area contributed by atoms with Crippen LogP contribution in [0.5, 0.6) is 5.75 Å². The smallest absolute Gasteiger partial charge is 0.340 e. The van der Waals surface area contributed by atoms with E-state index in [1.54, 1.807) is 19.1 Å². The fourth-order valence-electron chi connectivity index (χ4n) is 3.08. The van der Waals surface area contributed by atoms with Crippen LogP contribution in [-0.2, 0) is 18.8 Å². The van der Waals surface area contributed by atoms with Gasteiger partial charge in [-0.1, -0.05) is 24.8 Å². The Labute approximate surface area is 160 Å². The Morgan fingerprint density at radius 1 is 1.21 bits per heavy atom. The van der Waals surface area contributed by atoms with Crippen molar-refractivity contribution in [3.8, 4) is 16.9 Å². The summed E-state index contributed by atoms with van der Waals surface area (Å²) in [5.74, 6) is -0.624. The third-order valence-electron chi connectivity index (χ3n) is 4.46. The van der Waals surface area contributed by atoms with Crippen molar-refractivity contribution in [3.63, 3.8) is 0 Å². The van der Waals surface area contributed by atoms with Gasteiger partial charge < -0.3 is 9.84 Å². The first kappa shape index (κ1) is 19.1. The number of esters is 1. The van der Waals surface area contributed by atoms with Gasteiger partial charge in [0.05, 0.1) is 16.6 Å². The van der Waals surface area contributed by atoms with Crippen molar-refractivity contribution >= 4 is 17.0 Å². The number of nitrogens with zero attached hydrogens (tertiary/aromatic N) is 3. The molecule has 0 amide bonds. The number of carbonyl (C=O) groups excluding carboxylic acids is 1. The van der Waals surface area contributed by atoms with Crippen LogP contribution in [0.1, 0.15) is 16.1 Å². The number of pyridine rings is 1. The second-order valence-corrected chi connectivity index (χ2v) is 6.29. The van der Waals surface area contributed by atoms with Crippen molar-refractivity contribution in [2.24, 2.45) is 14.1 Å². The lowest BCUT2D eigenvalue weighted by Crippen LogP contribution is -2.38. The van der Waals surface area contributed by atoms with E-state index in [2.05, 4.69) is 11.6 Å². The minimum atomic E-state index is -0.661. The van der Waals surface area contributed by atoms with Crippen LogP contribution in [0, 0.1) is 6.92 Å². The number of aromatic nitrogens is 3. The van der Waals surface area contributed by atoms with Gasteiger partial charge in [-0.3, -0.25) is 13.9 Å². The Hall–Kier alpha value is -3.68. The van der Waals surface area contributed by atoms with E-state index in [4.69, 9.17) is 4.74 Å². The highest BCUT2D eigenvalue weighted by atomic mass is 16.5. The van der Waals surface area contributed by atoms with Crippen LogP contribution in [0.15, 0.2) is 46.5 Å². The number of phenols is 1. The maximum atomic E-state index is 13.0. The molecule has 0 saturated carbocycles. The quantitative estimate of drug-likeness (QED) is 0.544. The molecule has 8 heteroatoms. The standard InChI is InChI=1S/C20H19N3O5/c1-5-10-28-19(26)14-11(2)21-17-16(18(25)23(4)20(27)22(17)3)15(14)12-6-8-13(24)9-7-12/h5-9,24H,1,10H2,2-4H3. The first-order valence-corrected chi connectivity index (χ1v) is 8.45. The van der Waals surface area contributed by atoms with Gasteiger partial charge in [-0.25, -0.2) is 14.6 Å². The minimum Gasteiger partial charge on any atom is -0.508 e. The third kappa shape index (κ3) is 2.98. The van der Waals surface area contributed by atoms with E-state index >= 15 is 0 Å². The zero-order chi connectivity index (χ0) is 20.6. The molecular formula is C20H19N3O5. The normalized spacial score (nSPS) is 10.8. The van der Waals surface area contributed by atoms with Crippen molar-refractivity contribution in [1.82, 2.24) is 14.1 Å². The summed E-state index contributed by atoms with van der Waals surface area (Å²) < 4.78 is 7.41. The molecule has 0 unspecified atom stereocenters. The van der Waals surface area contributed by atoms with Crippen molar-refractivity contribution in [3.05, 3.63) is 69.0 Å². The van der Waals surface area contributed by atoms with E-state index in [0.29, 0.717) is 16.8 Å². The van der Waals surface area contributed by atoms with Crippen molar-refractivity contribution in [2.75, 3.05) is 6.61 Å². The van der Waals surface area contributed by atoms with Crippen molar-refractivity contribution in [2.45, 2.75) is 6.92 Å². The largest absolute Gasteiger partial charge is 0.508 e. The number of aromatic hydroxyl groups is 1. The zero-order valence-corrected chi connectivity index (χ0v) is 15.7. The Balaban J connectivity index is 2.54. The van der Waals surface area contributed by atoms with Gasteiger partial charge in [0.2, 0.25) is 0 Å². The molecule has 0 fully saturated rings. The molecule has 0 aliphatic carbocycles. The van der Waals surface area contributed by atoms with Crippen LogP contribution in [0.4, 0.5) is 0 Å². The number of phenolic OH excluding ortho intramolecular Hbond substituents is 1. The molecule has 3 aromatic rings. The maximum Gasteiger partial charge on any atom is 0.340 e. The van der Waals surface area contributed by atoms with E-state index in [1.807, 2.05) is 0 Å². The summed E-state index contributed by atoms with van der Waals surface area (Å²) in [4.78, 5) is 42.4. The minimum absolute atomic E-state index is 0.00336. The summed E-state index contributed by atoms with van der Waals surface area (Å²) >= 11 is 0. The van der Waals surface area contributed by atoms with Crippen LogP contribution >= 0.6 is 0 Å². The number of hydrogen-bond donors (Lipinski definition) is 1. The first-order valence-electron chi connectivity index (χ1n) is 8.45. The molecule has 1 N–H and O–H groups in total. The molecule has 0 saturated heterocycles. The van der Waals surface area contributed by atoms with Gasteiger partial charge in [-0.05, 0) is 24.6 Å². The predicted octanol–water partition coefficient (Wildman–Crippen LogP) is 1.66. The molecule has 0 bridgehead atoms. The first-order chi connectivity index (χ1) is 13.3. The molecule has 2 heterocycles. The molecule has 0 aliphatic rings. The highest BCUT2D eigenvalue weighted by Crippen LogP contribution is 2.32. The Morgan fingerprint density at radius 3 is 2.46 bits per heavy atom. The maximum absolute atomic E-state index is 13.0. The topological polar surface area (TPSA) is 103 Å². The second kappa shape index (κ2) is 7.15. The van der Waals surface area contributed by atoms with Crippen LogP contribution in [0.25, 0.3) is 22.2 Å². The number of carbonyl (C=O) groups is 1. The molecule has 0 spiro atoms. The van der Waals surface area contributed by atoms with Crippen molar-refractivity contribution in [1.29, 1.82) is 0 Å². The number of fused-ring (bicyclic) bond motifs is 1. The predicted molar refractivity (Wildman–Crippen MR) is 105 cm³/mol.